The van der Waals surface area contributed by atoms with Gasteiger partial charge in [-0.25, -0.2) is 0 Å². The predicted molar refractivity (Wildman–Crippen MR) is 96.0 cm³/mol. The van der Waals surface area contributed by atoms with E-state index in [9.17, 15) is 10.1 Å². The lowest BCUT2D eigenvalue weighted by atomic mass is 10.2. The maximum Gasteiger partial charge on any atom is 0.269 e. The van der Waals surface area contributed by atoms with E-state index in [0.29, 0.717) is 5.56 Å². The quantitative estimate of drug-likeness (QED) is 0.384. The lowest BCUT2D eigenvalue weighted by Gasteiger charge is -2.09. The highest BCUT2D eigenvalue weighted by Gasteiger charge is 2.06. The van der Waals surface area contributed by atoms with Gasteiger partial charge in [0.2, 0.25) is 0 Å². The number of nitro benzene ring substituents is 1. The summed E-state index contributed by atoms with van der Waals surface area (Å²) in [6, 6.07) is 18.3. The Morgan fingerprint density at radius 1 is 1.16 bits per heavy atom. The maximum absolute atomic E-state index is 10.8. The van der Waals surface area contributed by atoms with Crippen molar-refractivity contribution in [3.8, 4) is 5.69 Å². The van der Waals surface area contributed by atoms with Gasteiger partial charge < -0.3 is 9.40 Å². The molecule has 0 unspecified atom stereocenters. The number of rotatable bonds is 6. The summed E-state index contributed by atoms with van der Waals surface area (Å²) in [5, 5.41) is 14.8. The van der Waals surface area contributed by atoms with Crippen LogP contribution in [0, 0.1) is 17.0 Å². The van der Waals surface area contributed by atoms with E-state index in [0.717, 1.165) is 16.9 Å². The highest BCUT2D eigenvalue weighted by atomic mass is 16.6. The molecule has 0 aliphatic heterocycles. The molecular formula is C19H17N3O3. The average Bonchev–Trinajstić information content (AvgIpc) is 3.07. The highest BCUT2D eigenvalue weighted by molar-refractivity contribution is 5.78. The molecule has 3 rings (SSSR count). The number of benzene rings is 2. The summed E-state index contributed by atoms with van der Waals surface area (Å²) in [4.78, 5) is 15.6. The number of nitro groups is 1. The normalized spacial score (nSPS) is 10.9. The van der Waals surface area contributed by atoms with Crippen LogP contribution < -0.4 is 0 Å². The molecule has 6 heteroatoms. The third-order valence-corrected chi connectivity index (χ3v) is 3.77. The van der Waals surface area contributed by atoms with Gasteiger partial charge in [-0.05, 0) is 36.2 Å². The Morgan fingerprint density at radius 3 is 2.80 bits per heavy atom. The second kappa shape index (κ2) is 7.44. The number of nitrogens with zero attached hydrogens (tertiary/aromatic N) is 3. The number of oxime groups is 1. The molecule has 0 radical (unpaired) electrons. The van der Waals surface area contributed by atoms with Gasteiger partial charge in [-0.2, -0.15) is 0 Å². The number of hydrogen-bond donors (Lipinski definition) is 0. The van der Waals surface area contributed by atoms with Gasteiger partial charge >= 0.3 is 0 Å². The average molecular weight is 335 g/mol. The minimum Gasteiger partial charge on any atom is -0.391 e. The fraction of sp³-hybridized carbons (Fsp3) is 0.105. The molecule has 25 heavy (non-hydrogen) atoms. The number of aromatic nitrogens is 1. The summed E-state index contributed by atoms with van der Waals surface area (Å²) in [6.45, 7) is 2.22. The molecule has 1 heterocycles. The third-order valence-electron chi connectivity index (χ3n) is 3.77. The Labute approximate surface area is 145 Å². The van der Waals surface area contributed by atoms with Gasteiger partial charge in [0.15, 0.2) is 0 Å². The molecule has 0 saturated heterocycles. The summed E-state index contributed by atoms with van der Waals surface area (Å²) in [5.41, 5.74) is 3.85. The van der Waals surface area contributed by atoms with E-state index in [1.165, 1.54) is 12.1 Å². The Morgan fingerprint density at radius 2 is 2.00 bits per heavy atom. The maximum atomic E-state index is 10.8. The second-order valence-electron chi connectivity index (χ2n) is 5.52. The summed E-state index contributed by atoms with van der Waals surface area (Å²) in [6.07, 6.45) is 3.59. The van der Waals surface area contributed by atoms with Crippen LogP contribution in [0.2, 0.25) is 0 Å². The molecule has 1 aromatic heterocycles. The van der Waals surface area contributed by atoms with Crippen LogP contribution in [0.4, 0.5) is 5.69 Å². The molecule has 0 spiro atoms. The first kappa shape index (κ1) is 16.4. The molecule has 0 aliphatic carbocycles. The molecule has 0 N–H and O–H groups in total. The Balaban J connectivity index is 1.68. The van der Waals surface area contributed by atoms with Gasteiger partial charge in [-0.15, -0.1) is 0 Å². The molecule has 0 fully saturated rings. The lowest BCUT2D eigenvalue weighted by molar-refractivity contribution is -0.384. The van der Waals surface area contributed by atoms with Crippen LogP contribution in [0.3, 0.4) is 0 Å². The first-order valence-electron chi connectivity index (χ1n) is 7.77. The predicted octanol–water partition coefficient (Wildman–Crippen LogP) is 4.24. The van der Waals surface area contributed by atoms with Crippen LogP contribution >= 0.6 is 0 Å². The number of aryl methyl sites for hydroxylation is 1. The molecule has 0 bridgehead atoms. The molecule has 0 atom stereocenters. The lowest BCUT2D eigenvalue weighted by Crippen LogP contribution is -2.00. The van der Waals surface area contributed by atoms with Gasteiger partial charge in [0, 0.05) is 24.0 Å². The van der Waals surface area contributed by atoms with Crippen molar-refractivity contribution in [3.05, 3.63) is 93.8 Å². The Kier molecular flexibility index (Phi) is 4.89. The van der Waals surface area contributed by atoms with Crippen molar-refractivity contribution in [1.82, 2.24) is 4.57 Å². The van der Waals surface area contributed by atoms with Crippen LogP contribution in [0.5, 0.6) is 0 Å². The van der Waals surface area contributed by atoms with Gasteiger partial charge in [-0.3, -0.25) is 10.1 Å². The van der Waals surface area contributed by atoms with Gasteiger partial charge in [0.05, 0.1) is 16.8 Å². The minimum atomic E-state index is -0.429. The van der Waals surface area contributed by atoms with Gasteiger partial charge in [0.1, 0.15) is 6.61 Å². The highest BCUT2D eigenvalue weighted by Crippen LogP contribution is 2.16. The second-order valence-corrected chi connectivity index (χ2v) is 5.52. The summed E-state index contributed by atoms with van der Waals surface area (Å²) >= 11 is 0. The molecule has 0 amide bonds. The Bertz CT molecular complexity index is 916. The van der Waals surface area contributed by atoms with Crippen molar-refractivity contribution in [1.29, 1.82) is 0 Å². The molecule has 2 aromatic carbocycles. The third kappa shape index (κ3) is 3.92. The summed E-state index contributed by atoms with van der Waals surface area (Å²) in [5.74, 6) is 0. The van der Waals surface area contributed by atoms with Crippen LogP contribution in [-0.4, -0.2) is 15.7 Å². The van der Waals surface area contributed by atoms with Crippen molar-refractivity contribution in [2.45, 2.75) is 13.5 Å². The van der Waals surface area contributed by atoms with E-state index < -0.39 is 4.92 Å². The molecule has 3 aromatic rings. The number of non-ortho nitro benzene ring substituents is 1. The van der Waals surface area contributed by atoms with Gasteiger partial charge in [0.25, 0.3) is 5.69 Å². The zero-order valence-corrected chi connectivity index (χ0v) is 13.7. The van der Waals surface area contributed by atoms with Crippen LogP contribution in [0.15, 0.2) is 72.0 Å². The van der Waals surface area contributed by atoms with Crippen LogP contribution in [0.25, 0.3) is 5.69 Å². The monoisotopic (exact) mass is 335 g/mol. The van der Waals surface area contributed by atoms with Crippen molar-refractivity contribution in [2.75, 3.05) is 0 Å². The van der Waals surface area contributed by atoms with Crippen LogP contribution in [-0.2, 0) is 11.4 Å². The molecule has 0 saturated carbocycles. The topological polar surface area (TPSA) is 69.7 Å². The van der Waals surface area contributed by atoms with E-state index in [1.807, 2.05) is 41.1 Å². The first-order valence-corrected chi connectivity index (χ1v) is 7.77. The SMILES string of the molecule is Cc1ccccc1-n1cccc1/C=N\OCc1cccc([N+](=O)[O-])c1. The smallest absolute Gasteiger partial charge is 0.269 e. The molecule has 126 valence electrons. The van der Waals surface area contributed by atoms with Crippen LogP contribution in [0.1, 0.15) is 16.8 Å². The summed E-state index contributed by atoms with van der Waals surface area (Å²) < 4.78 is 2.02. The number of para-hydroxylation sites is 1. The number of hydrogen-bond acceptors (Lipinski definition) is 4. The van der Waals surface area contributed by atoms with Crippen molar-refractivity contribution >= 4 is 11.9 Å². The largest absolute Gasteiger partial charge is 0.391 e. The summed E-state index contributed by atoms with van der Waals surface area (Å²) in [7, 11) is 0. The zero-order valence-electron chi connectivity index (χ0n) is 13.7. The van der Waals surface area contributed by atoms with Gasteiger partial charge in [-0.1, -0.05) is 35.5 Å². The minimum absolute atomic E-state index is 0.0403. The van der Waals surface area contributed by atoms with E-state index in [-0.39, 0.29) is 12.3 Å². The molecular weight excluding hydrogens is 318 g/mol. The standard InChI is InChI=1S/C19H17N3O3/c1-15-6-2-3-10-19(15)21-11-5-9-18(21)13-20-25-14-16-7-4-8-17(12-16)22(23)24/h2-13H,14H2,1H3/b20-13-. The van der Waals surface area contributed by atoms with E-state index in [1.54, 1.807) is 18.3 Å². The van der Waals surface area contributed by atoms with Crippen molar-refractivity contribution < 1.29 is 9.76 Å². The fourth-order valence-corrected chi connectivity index (χ4v) is 2.52. The molecule has 6 nitrogen and oxygen atoms in total. The van der Waals surface area contributed by atoms with E-state index >= 15 is 0 Å². The fourth-order valence-electron chi connectivity index (χ4n) is 2.52. The zero-order chi connectivity index (χ0) is 17.6. The van der Waals surface area contributed by atoms with Crippen molar-refractivity contribution in [2.24, 2.45) is 5.16 Å². The first-order chi connectivity index (χ1) is 12.1. The molecule has 0 aliphatic rings. The van der Waals surface area contributed by atoms with E-state index in [2.05, 4.69) is 18.1 Å². The Hall–Kier alpha value is -3.41. The van der Waals surface area contributed by atoms with E-state index in [4.69, 9.17) is 4.84 Å². The van der Waals surface area contributed by atoms with Crippen molar-refractivity contribution in [3.63, 3.8) is 0 Å².